The van der Waals surface area contributed by atoms with Gasteiger partial charge in [-0.15, -0.1) is 0 Å². The molecule has 1 N–H and O–H groups in total. The van der Waals surface area contributed by atoms with Gasteiger partial charge in [-0.05, 0) is 35.7 Å². The number of hydrogen-bond donors (Lipinski definition) is 1. The standard InChI is InChI=1S/C17H16FN3/c1-21(2)17-16-12(9-10-19-17)5-3-8-15(16)20-14-7-4-6-13(18)11-14/h3-11,20H,1-2H3. The molecule has 0 spiro atoms. The fourth-order valence-electron chi connectivity index (χ4n) is 2.38. The first kappa shape index (κ1) is 13.4. The van der Waals surface area contributed by atoms with Crippen LogP contribution in [-0.4, -0.2) is 19.1 Å². The Kier molecular flexibility index (Phi) is 3.44. The van der Waals surface area contributed by atoms with Crippen molar-refractivity contribution in [3.63, 3.8) is 0 Å². The SMILES string of the molecule is CN(C)c1nccc2cccc(Nc3cccc(F)c3)c12. The number of aromatic nitrogens is 1. The minimum absolute atomic E-state index is 0.258. The van der Waals surface area contributed by atoms with Crippen LogP contribution in [-0.2, 0) is 0 Å². The van der Waals surface area contributed by atoms with Crippen LogP contribution >= 0.6 is 0 Å². The Morgan fingerprint density at radius 3 is 2.62 bits per heavy atom. The van der Waals surface area contributed by atoms with Crippen molar-refractivity contribution in [3.8, 4) is 0 Å². The van der Waals surface area contributed by atoms with Crippen molar-refractivity contribution in [1.29, 1.82) is 0 Å². The van der Waals surface area contributed by atoms with Gasteiger partial charge >= 0.3 is 0 Å². The van der Waals surface area contributed by atoms with E-state index >= 15 is 0 Å². The van der Waals surface area contributed by atoms with Crippen molar-refractivity contribution in [3.05, 3.63) is 60.5 Å². The normalized spacial score (nSPS) is 10.6. The van der Waals surface area contributed by atoms with Crippen molar-refractivity contribution in [1.82, 2.24) is 4.98 Å². The van der Waals surface area contributed by atoms with Crippen LogP contribution in [0.5, 0.6) is 0 Å². The minimum Gasteiger partial charge on any atom is -0.362 e. The molecule has 0 aliphatic heterocycles. The Morgan fingerprint density at radius 1 is 1.05 bits per heavy atom. The smallest absolute Gasteiger partial charge is 0.137 e. The number of halogens is 1. The summed E-state index contributed by atoms with van der Waals surface area (Å²) in [5.74, 6) is 0.623. The number of rotatable bonds is 3. The second kappa shape index (κ2) is 5.40. The summed E-state index contributed by atoms with van der Waals surface area (Å²) >= 11 is 0. The van der Waals surface area contributed by atoms with Crippen LogP contribution < -0.4 is 10.2 Å². The number of fused-ring (bicyclic) bond motifs is 1. The molecule has 0 bridgehead atoms. The van der Waals surface area contributed by atoms with Crippen molar-refractivity contribution in [2.45, 2.75) is 0 Å². The molecule has 1 heterocycles. The molecule has 0 saturated carbocycles. The maximum Gasteiger partial charge on any atom is 0.137 e. The Hall–Kier alpha value is -2.62. The van der Waals surface area contributed by atoms with E-state index in [1.54, 1.807) is 12.3 Å². The zero-order valence-electron chi connectivity index (χ0n) is 12.0. The molecule has 3 nitrogen and oxygen atoms in total. The monoisotopic (exact) mass is 281 g/mol. The van der Waals surface area contributed by atoms with Crippen molar-refractivity contribution in [2.24, 2.45) is 0 Å². The van der Waals surface area contributed by atoms with Gasteiger partial charge in [0.15, 0.2) is 0 Å². The molecule has 0 amide bonds. The second-order valence-electron chi connectivity index (χ2n) is 5.07. The van der Waals surface area contributed by atoms with E-state index in [1.165, 1.54) is 12.1 Å². The van der Waals surface area contributed by atoms with E-state index in [2.05, 4.69) is 10.3 Å². The topological polar surface area (TPSA) is 28.2 Å². The van der Waals surface area contributed by atoms with Crippen LogP contribution in [0.3, 0.4) is 0 Å². The van der Waals surface area contributed by atoms with Crippen LogP contribution in [0.4, 0.5) is 21.6 Å². The van der Waals surface area contributed by atoms with E-state index < -0.39 is 0 Å². The van der Waals surface area contributed by atoms with Gasteiger partial charge in [0.25, 0.3) is 0 Å². The van der Waals surface area contributed by atoms with Crippen LogP contribution in [0.15, 0.2) is 54.7 Å². The van der Waals surface area contributed by atoms with Gasteiger partial charge in [0.05, 0.1) is 5.69 Å². The molecule has 0 aliphatic carbocycles. The summed E-state index contributed by atoms with van der Waals surface area (Å²) in [5, 5.41) is 5.39. The Balaban J connectivity index is 2.14. The van der Waals surface area contributed by atoms with E-state index in [1.807, 2.05) is 49.3 Å². The second-order valence-corrected chi connectivity index (χ2v) is 5.07. The van der Waals surface area contributed by atoms with Crippen LogP contribution in [0.2, 0.25) is 0 Å². The van der Waals surface area contributed by atoms with Gasteiger partial charge in [-0.25, -0.2) is 9.37 Å². The van der Waals surface area contributed by atoms with E-state index in [0.29, 0.717) is 0 Å². The summed E-state index contributed by atoms with van der Waals surface area (Å²) in [6.07, 6.45) is 1.80. The van der Waals surface area contributed by atoms with E-state index in [4.69, 9.17) is 0 Å². The fraction of sp³-hybridized carbons (Fsp3) is 0.118. The molecule has 4 heteroatoms. The Labute approximate surface area is 123 Å². The molecule has 0 saturated heterocycles. The zero-order chi connectivity index (χ0) is 14.8. The summed E-state index contributed by atoms with van der Waals surface area (Å²) in [4.78, 5) is 6.41. The van der Waals surface area contributed by atoms with E-state index in [9.17, 15) is 4.39 Å². The molecule has 106 valence electrons. The number of pyridine rings is 1. The third-order valence-corrected chi connectivity index (χ3v) is 3.30. The third kappa shape index (κ3) is 2.65. The highest BCUT2D eigenvalue weighted by atomic mass is 19.1. The third-order valence-electron chi connectivity index (χ3n) is 3.30. The zero-order valence-corrected chi connectivity index (χ0v) is 12.0. The first-order valence-electron chi connectivity index (χ1n) is 6.73. The number of hydrogen-bond acceptors (Lipinski definition) is 3. The fourth-order valence-corrected chi connectivity index (χ4v) is 2.38. The summed E-state index contributed by atoms with van der Waals surface area (Å²) in [7, 11) is 3.92. The number of benzene rings is 2. The molecule has 0 aliphatic rings. The lowest BCUT2D eigenvalue weighted by Gasteiger charge is -2.17. The maximum atomic E-state index is 13.3. The minimum atomic E-state index is -0.258. The summed E-state index contributed by atoms with van der Waals surface area (Å²) in [5.41, 5.74) is 1.63. The highest BCUT2D eigenvalue weighted by Gasteiger charge is 2.09. The molecule has 21 heavy (non-hydrogen) atoms. The number of nitrogens with zero attached hydrogens (tertiary/aromatic N) is 2. The van der Waals surface area contributed by atoms with E-state index in [0.717, 1.165) is 28.0 Å². The van der Waals surface area contributed by atoms with Gasteiger partial charge in [-0.3, -0.25) is 0 Å². The highest BCUT2D eigenvalue weighted by molar-refractivity contribution is 6.02. The average Bonchev–Trinajstić information content (AvgIpc) is 2.47. The molecular formula is C17H16FN3. The first-order valence-corrected chi connectivity index (χ1v) is 6.73. The summed E-state index contributed by atoms with van der Waals surface area (Å²) in [6.45, 7) is 0. The van der Waals surface area contributed by atoms with Gasteiger partial charge in [0.1, 0.15) is 11.6 Å². The molecule has 2 aromatic carbocycles. The van der Waals surface area contributed by atoms with E-state index in [-0.39, 0.29) is 5.82 Å². The molecule has 0 unspecified atom stereocenters. The first-order chi connectivity index (χ1) is 10.1. The molecule has 1 aromatic heterocycles. The molecule has 0 fully saturated rings. The highest BCUT2D eigenvalue weighted by Crippen LogP contribution is 2.32. The molecule has 3 rings (SSSR count). The molecule has 3 aromatic rings. The largest absolute Gasteiger partial charge is 0.362 e. The van der Waals surface area contributed by atoms with Gasteiger partial charge in [0.2, 0.25) is 0 Å². The van der Waals surface area contributed by atoms with Crippen LogP contribution in [0.25, 0.3) is 10.8 Å². The number of nitrogens with one attached hydrogen (secondary N) is 1. The molecule has 0 atom stereocenters. The van der Waals surface area contributed by atoms with Crippen molar-refractivity contribution >= 4 is 28.0 Å². The quantitative estimate of drug-likeness (QED) is 0.780. The lowest BCUT2D eigenvalue weighted by molar-refractivity contribution is 0.628. The lowest BCUT2D eigenvalue weighted by atomic mass is 10.1. The van der Waals surface area contributed by atoms with Gasteiger partial charge in [-0.2, -0.15) is 0 Å². The van der Waals surface area contributed by atoms with Gasteiger partial charge < -0.3 is 10.2 Å². The van der Waals surface area contributed by atoms with Crippen LogP contribution in [0.1, 0.15) is 0 Å². The van der Waals surface area contributed by atoms with Crippen molar-refractivity contribution < 1.29 is 4.39 Å². The molecular weight excluding hydrogens is 265 g/mol. The van der Waals surface area contributed by atoms with Crippen molar-refractivity contribution in [2.75, 3.05) is 24.3 Å². The predicted molar refractivity (Wildman–Crippen MR) is 85.8 cm³/mol. The lowest BCUT2D eigenvalue weighted by Crippen LogP contribution is -2.11. The average molecular weight is 281 g/mol. The summed E-state index contributed by atoms with van der Waals surface area (Å²) < 4.78 is 13.3. The Bertz CT molecular complexity index is 779. The maximum absolute atomic E-state index is 13.3. The molecule has 0 radical (unpaired) electrons. The van der Waals surface area contributed by atoms with Crippen LogP contribution in [0, 0.1) is 5.82 Å². The Morgan fingerprint density at radius 2 is 1.86 bits per heavy atom. The number of anilines is 3. The van der Waals surface area contributed by atoms with Gasteiger partial charge in [0, 0.05) is 31.4 Å². The predicted octanol–water partition coefficient (Wildman–Crippen LogP) is 4.18. The summed E-state index contributed by atoms with van der Waals surface area (Å²) in [6, 6.07) is 14.4. The van der Waals surface area contributed by atoms with Gasteiger partial charge in [-0.1, -0.05) is 18.2 Å².